The van der Waals surface area contributed by atoms with Crippen LogP contribution < -0.4 is 16.0 Å². The molecular formula is C22H36IN5O2. The van der Waals surface area contributed by atoms with Gasteiger partial charge in [0.25, 0.3) is 0 Å². The van der Waals surface area contributed by atoms with Gasteiger partial charge in [0.2, 0.25) is 5.91 Å². The molecule has 1 aromatic carbocycles. The number of hydrogen-bond acceptors (Lipinski definition) is 4. The van der Waals surface area contributed by atoms with Crippen LogP contribution in [0.15, 0.2) is 35.3 Å². The van der Waals surface area contributed by atoms with Gasteiger partial charge in [-0.25, -0.2) is 0 Å². The molecule has 1 heterocycles. The molecule has 7 nitrogen and oxygen atoms in total. The normalized spacial score (nSPS) is 19.4. The highest BCUT2D eigenvalue weighted by atomic mass is 127. The van der Waals surface area contributed by atoms with Crippen LogP contribution in [0.4, 0.5) is 0 Å². The van der Waals surface area contributed by atoms with E-state index in [4.69, 9.17) is 4.74 Å². The molecule has 2 aliphatic rings. The first-order chi connectivity index (χ1) is 14.2. The smallest absolute Gasteiger partial charge is 0.239 e. The summed E-state index contributed by atoms with van der Waals surface area (Å²) < 4.78 is 5.56. The zero-order chi connectivity index (χ0) is 20.4. The van der Waals surface area contributed by atoms with E-state index in [1.54, 1.807) is 7.05 Å². The lowest BCUT2D eigenvalue weighted by Crippen LogP contribution is -2.60. The third-order valence-corrected chi connectivity index (χ3v) is 6.02. The summed E-state index contributed by atoms with van der Waals surface area (Å²) in [4.78, 5) is 19.1. The number of benzene rings is 1. The Balaban J connectivity index is 0.00000320. The van der Waals surface area contributed by atoms with Gasteiger partial charge < -0.3 is 20.7 Å². The lowest BCUT2D eigenvalue weighted by Gasteiger charge is -2.48. The molecule has 3 rings (SSSR count). The second kappa shape index (κ2) is 13.1. The maximum absolute atomic E-state index is 12.2. The van der Waals surface area contributed by atoms with Gasteiger partial charge in [0.1, 0.15) is 0 Å². The minimum absolute atomic E-state index is 0. The largest absolute Gasteiger partial charge is 0.379 e. The van der Waals surface area contributed by atoms with Crippen molar-refractivity contribution in [3.63, 3.8) is 0 Å². The molecule has 1 saturated carbocycles. The number of hydrogen-bond donors (Lipinski definition) is 3. The van der Waals surface area contributed by atoms with E-state index in [1.807, 2.05) is 30.3 Å². The summed E-state index contributed by atoms with van der Waals surface area (Å²) in [5, 5.41) is 9.57. The quantitative estimate of drug-likeness (QED) is 0.287. The molecule has 3 N–H and O–H groups in total. The molecule has 1 amide bonds. The molecule has 1 saturated heterocycles. The van der Waals surface area contributed by atoms with E-state index in [-0.39, 0.29) is 42.0 Å². The average Bonchev–Trinajstić information content (AvgIpc) is 2.79. The fourth-order valence-electron chi connectivity index (χ4n) is 4.34. The summed E-state index contributed by atoms with van der Waals surface area (Å²) in [5.41, 5.74) is 1.25. The molecule has 2 fully saturated rings. The summed E-state index contributed by atoms with van der Waals surface area (Å²) in [6.45, 7) is 5.21. The molecular weight excluding hydrogens is 493 g/mol. The van der Waals surface area contributed by atoms with Crippen molar-refractivity contribution in [1.82, 2.24) is 20.9 Å². The van der Waals surface area contributed by atoms with Crippen LogP contribution in [0.25, 0.3) is 0 Å². The van der Waals surface area contributed by atoms with Gasteiger partial charge in [-0.1, -0.05) is 49.6 Å². The Labute approximate surface area is 197 Å². The number of morpholine rings is 1. The number of rotatable bonds is 7. The second-order valence-corrected chi connectivity index (χ2v) is 7.93. The van der Waals surface area contributed by atoms with E-state index in [0.29, 0.717) is 12.5 Å². The highest BCUT2D eigenvalue weighted by Gasteiger charge is 2.38. The van der Waals surface area contributed by atoms with Crippen LogP contribution in [-0.4, -0.2) is 68.7 Å². The van der Waals surface area contributed by atoms with E-state index >= 15 is 0 Å². The van der Waals surface area contributed by atoms with E-state index in [1.165, 1.54) is 32.1 Å². The summed E-state index contributed by atoms with van der Waals surface area (Å²) >= 11 is 0. The maximum Gasteiger partial charge on any atom is 0.239 e. The summed E-state index contributed by atoms with van der Waals surface area (Å²) in [6.07, 6.45) is 6.27. The van der Waals surface area contributed by atoms with E-state index in [0.717, 1.165) is 38.4 Å². The molecule has 8 heteroatoms. The predicted octanol–water partition coefficient (Wildman–Crippen LogP) is 2.12. The first-order valence-corrected chi connectivity index (χ1v) is 10.8. The van der Waals surface area contributed by atoms with Crippen LogP contribution >= 0.6 is 24.0 Å². The Morgan fingerprint density at radius 1 is 1.07 bits per heavy atom. The lowest BCUT2D eigenvalue weighted by atomic mass is 9.80. The highest BCUT2D eigenvalue weighted by Crippen LogP contribution is 2.33. The molecule has 0 spiro atoms. The van der Waals surface area contributed by atoms with Crippen LogP contribution in [0.3, 0.4) is 0 Å². The van der Waals surface area contributed by atoms with Crippen molar-refractivity contribution >= 4 is 35.8 Å². The Morgan fingerprint density at radius 2 is 1.77 bits per heavy atom. The fraction of sp³-hybridized carbons (Fsp3) is 0.636. The summed E-state index contributed by atoms with van der Waals surface area (Å²) in [6, 6.07) is 9.92. The first kappa shape index (κ1) is 24.9. The van der Waals surface area contributed by atoms with Gasteiger partial charge in [-0.15, -0.1) is 24.0 Å². The van der Waals surface area contributed by atoms with Gasteiger partial charge in [-0.3, -0.25) is 14.7 Å². The summed E-state index contributed by atoms with van der Waals surface area (Å²) in [5.74, 6) is 0.635. The zero-order valence-corrected chi connectivity index (χ0v) is 20.3. The molecule has 1 aliphatic carbocycles. The molecule has 0 unspecified atom stereocenters. The van der Waals surface area contributed by atoms with Gasteiger partial charge in [0.05, 0.1) is 19.8 Å². The van der Waals surface area contributed by atoms with Crippen molar-refractivity contribution in [3.05, 3.63) is 35.9 Å². The Hall–Kier alpha value is -1.39. The van der Waals surface area contributed by atoms with E-state index < -0.39 is 0 Å². The van der Waals surface area contributed by atoms with Gasteiger partial charge in [0, 0.05) is 38.8 Å². The number of carbonyl (C=O) groups excluding carboxylic acids is 1. The van der Waals surface area contributed by atoms with Crippen molar-refractivity contribution in [1.29, 1.82) is 0 Å². The molecule has 1 aliphatic heterocycles. The van der Waals surface area contributed by atoms with Crippen LogP contribution in [0.5, 0.6) is 0 Å². The average molecular weight is 529 g/mol. The molecule has 168 valence electrons. The number of ether oxygens (including phenoxy) is 1. The minimum Gasteiger partial charge on any atom is -0.379 e. The SMILES string of the molecule is CN=C(NCC(=O)NCc1ccccc1)NCC1(N2CCOCC2)CCCCC1.I. The van der Waals surface area contributed by atoms with Crippen molar-refractivity contribution in [2.24, 2.45) is 4.99 Å². The number of nitrogens with zero attached hydrogens (tertiary/aromatic N) is 2. The summed E-state index contributed by atoms with van der Waals surface area (Å²) in [7, 11) is 1.75. The number of aliphatic imine (C=N–C) groups is 1. The van der Waals surface area contributed by atoms with Crippen molar-refractivity contribution in [3.8, 4) is 0 Å². The zero-order valence-electron chi connectivity index (χ0n) is 18.0. The molecule has 30 heavy (non-hydrogen) atoms. The van der Waals surface area contributed by atoms with Crippen LogP contribution in [0.2, 0.25) is 0 Å². The minimum atomic E-state index is -0.0441. The lowest BCUT2D eigenvalue weighted by molar-refractivity contribution is -0.120. The van der Waals surface area contributed by atoms with Gasteiger partial charge >= 0.3 is 0 Å². The second-order valence-electron chi connectivity index (χ2n) is 7.93. The Bertz CT molecular complexity index is 659. The fourth-order valence-corrected chi connectivity index (χ4v) is 4.34. The van der Waals surface area contributed by atoms with Crippen LogP contribution in [0.1, 0.15) is 37.7 Å². The number of amides is 1. The Morgan fingerprint density at radius 3 is 2.43 bits per heavy atom. The van der Waals surface area contributed by atoms with Crippen molar-refractivity contribution < 1.29 is 9.53 Å². The molecule has 0 atom stereocenters. The monoisotopic (exact) mass is 529 g/mol. The highest BCUT2D eigenvalue weighted by molar-refractivity contribution is 14.0. The number of halogens is 1. The molecule has 0 radical (unpaired) electrons. The van der Waals surface area contributed by atoms with Gasteiger partial charge in [-0.05, 0) is 18.4 Å². The van der Waals surface area contributed by atoms with Gasteiger partial charge in [-0.2, -0.15) is 0 Å². The first-order valence-electron chi connectivity index (χ1n) is 10.8. The molecule has 1 aromatic rings. The number of carbonyl (C=O) groups is 1. The number of nitrogens with one attached hydrogen (secondary N) is 3. The standard InChI is InChI=1S/C22H35N5O2.HI/c1-23-21(25-17-20(28)24-16-19-8-4-2-5-9-19)26-18-22(10-6-3-7-11-22)27-12-14-29-15-13-27;/h2,4-5,8-9H,3,6-7,10-18H2,1H3,(H,24,28)(H2,23,25,26);1H. The van der Waals surface area contributed by atoms with E-state index in [9.17, 15) is 4.79 Å². The molecule has 0 aromatic heterocycles. The number of guanidine groups is 1. The maximum atomic E-state index is 12.2. The van der Waals surface area contributed by atoms with Crippen molar-refractivity contribution in [2.75, 3.05) is 46.4 Å². The Kier molecular flexibility index (Phi) is 10.9. The van der Waals surface area contributed by atoms with Crippen molar-refractivity contribution in [2.45, 2.75) is 44.2 Å². The van der Waals surface area contributed by atoms with E-state index in [2.05, 4.69) is 25.8 Å². The third kappa shape index (κ3) is 7.39. The van der Waals surface area contributed by atoms with Crippen LogP contribution in [-0.2, 0) is 16.1 Å². The van der Waals surface area contributed by atoms with Crippen LogP contribution in [0, 0.1) is 0 Å². The van der Waals surface area contributed by atoms with Gasteiger partial charge in [0.15, 0.2) is 5.96 Å². The topological polar surface area (TPSA) is 78.0 Å². The third-order valence-electron chi connectivity index (χ3n) is 6.02. The molecule has 0 bridgehead atoms. The predicted molar refractivity (Wildman–Crippen MR) is 131 cm³/mol.